The molecule has 4 rings (SSSR count). The average Bonchev–Trinajstić information content (AvgIpc) is 3.16. The van der Waals surface area contributed by atoms with Crippen molar-refractivity contribution in [2.75, 3.05) is 18.4 Å². The van der Waals surface area contributed by atoms with Crippen molar-refractivity contribution in [2.45, 2.75) is 25.3 Å². The summed E-state index contributed by atoms with van der Waals surface area (Å²) in [5.74, 6) is 0.916. The molecule has 1 atom stereocenters. The highest BCUT2D eigenvalue weighted by Gasteiger charge is 2.39. The molecule has 2 fully saturated rings. The zero-order valence-electron chi connectivity index (χ0n) is 13.8. The van der Waals surface area contributed by atoms with Gasteiger partial charge in [-0.2, -0.15) is 0 Å². The monoisotopic (exact) mass is 340 g/mol. The van der Waals surface area contributed by atoms with E-state index in [0.29, 0.717) is 30.6 Å². The van der Waals surface area contributed by atoms with Gasteiger partial charge in [-0.25, -0.2) is 9.78 Å². The quantitative estimate of drug-likeness (QED) is 0.875. The molecular weight excluding hydrogens is 320 g/mol. The van der Waals surface area contributed by atoms with Gasteiger partial charge in [0.1, 0.15) is 6.26 Å². The lowest BCUT2D eigenvalue weighted by molar-refractivity contribution is -0.128. The minimum Gasteiger partial charge on any atom is -0.445 e. The zero-order chi connectivity index (χ0) is 17.2. The number of oxazole rings is 1. The van der Waals surface area contributed by atoms with Gasteiger partial charge in [0, 0.05) is 42.7 Å². The van der Waals surface area contributed by atoms with E-state index in [4.69, 9.17) is 4.42 Å². The number of benzene rings is 1. The summed E-state index contributed by atoms with van der Waals surface area (Å²) < 4.78 is 5.26. The highest BCUT2D eigenvalue weighted by molar-refractivity contribution is 5.90. The number of likely N-dealkylation sites (tertiary alicyclic amines) is 1. The first-order valence-corrected chi connectivity index (χ1v) is 8.53. The number of nitrogens with one attached hydrogen (secondary N) is 2. The van der Waals surface area contributed by atoms with Crippen LogP contribution in [0.1, 0.15) is 19.3 Å². The molecule has 1 aliphatic heterocycles. The maximum atomic E-state index is 12.1. The Kier molecular flexibility index (Phi) is 4.13. The molecule has 2 heterocycles. The van der Waals surface area contributed by atoms with Gasteiger partial charge in [0.15, 0.2) is 0 Å². The van der Waals surface area contributed by atoms with Crippen LogP contribution in [0.15, 0.2) is 41.1 Å². The van der Waals surface area contributed by atoms with Gasteiger partial charge in [-0.15, -0.1) is 0 Å². The van der Waals surface area contributed by atoms with Gasteiger partial charge in [-0.05, 0) is 31.0 Å². The molecule has 0 spiro atoms. The second-order valence-electron chi connectivity index (χ2n) is 6.60. The Balaban J connectivity index is 1.29. The number of carbonyl (C=O) groups excluding carboxylic acids is 2. The Morgan fingerprint density at radius 3 is 3.00 bits per heavy atom. The largest absolute Gasteiger partial charge is 0.445 e. The minimum absolute atomic E-state index is 0.192. The predicted molar refractivity (Wildman–Crippen MR) is 91.8 cm³/mol. The highest BCUT2D eigenvalue weighted by atomic mass is 16.3. The summed E-state index contributed by atoms with van der Waals surface area (Å²) >= 11 is 0. The molecule has 130 valence electrons. The smallest absolute Gasteiger partial charge is 0.319 e. The fraction of sp³-hybridized carbons (Fsp3) is 0.389. The number of hydrogen-bond acceptors (Lipinski definition) is 4. The van der Waals surface area contributed by atoms with Crippen LogP contribution in [0.5, 0.6) is 0 Å². The van der Waals surface area contributed by atoms with Crippen LogP contribution in [0.25, 0.3) is 11.5 Å². The number of nitrogens with zero attached hydrogens (tertiary/aromatic N) is 2. The first kappa shape index (κ1) is 15.7. The van der Waals surface area contributed by atoms with Gasteiger partial charge in [0.25, 0.3) is 0 Å². The summed E-state index contributed by atoms with van der Waals surface area (Å²) in [5.41, 5.74) is 1.46. The van der Waals surface area contributed by atoms with E-state index in [1.165, 1.54) is 6.26 Å². The van der Waals surface area contributed by atoms with E-state index in [1.54, 1.807) is 18.3 Å². The van der Waals surface area contributed by atoms with E-state index in [2.05, 4.69) is 15.6 Å². The second-order valence-corrected chi connectivity index (χ2v) is 6.60. The fourth-order valence-electron chi connectivity index (χ4n) is 3.19. The van der Waals surface area contributed by atoms with Gasteiger partial charge < -0.3 is 20.0 Å². The molecule has 1 aromatic carbocycles. The molecule has 1 aromatic heterocycles. The first-order chi connectivity index (χ1) is 12.2. The number of aromatic nitrogens is 1. The van der Waals surface area contributed by atoms with Crippen molar-refractivity contribution >= 4 is 17.6 Å². The molecule has 2 N–H and O–H groups in total. The number of rotatable bonds is 5. The summed E-state index contributed by atoms with van der Waals surface area (Å²) in [7, 11) is 0. The van der Waals surface area contributed by atoms with E-state index in [9.17, 15) is 9.59 Å². The predicted octanol–water partition coefficient (Wildman–Crippen LogP) is 2.47. The highest BCUT2D eigenvalue weighted by Crippen LogP contribution is 2.32. The average molecular weight is 340 g/mol. The second kappa shape index (κ2) is 6.58. The van der Waals surface area contributed by atoms with Crippen molar-refractivity contribution in [2.24, 2.45) is 5.92 Å². The van der Waals surface area contributed by atoms with E-state index >= 15 is 0 Å². The number of anilines is 1. The first-order valence-electron chi connectivity index (χ1n) is 8.53. The lowest BCUT2D eigenvalue weighted by Gasteiger charge is -2.16. The Morgan fingerprint density at radius 1 is 1.36 bits per heavy atom. The topological polar surface area (TPSA) is 87.5 Å². The van der Waals surface area contributed by atoms with Crippen LogP contribution >= 0.6 is 0 Å². The maximum Gasteiger partial charge on any atom is 0.319 e. The Labute approximate surface area is 145 Å². The SMILES string of the molecule is O=C(NC[C@@H]1CC(=O)N(C2CC2)C1)Nc1cccc(-c2ncco2)c1. The van der Waals surface area contributed by atoms with Crippen LogP contribution in [0, 0.1) is 5.92 Å². The fourth-order valence-corrected chi connectivity index (χ4v) is 3.19. The summed E-state index contributed by atoms with van der Waals surface area (Å²) in [5, 5.41) is 5.67. The molecular formula is C18H20N4O3. The zero-order valence-corrected chi connectivity index (χ0v) is 13.8. The van der Waals surface area contributed by atoms with Gasteiger partial charge in [0.05, 0.1) is 6.20 Å². The van der Waals surface area contributed by atoms with Crippen LogP contribution in [-0.2, 0) is 4.79 Å². The molecule has 7 nitrogen and oxygen atoms in total. The van der Waals surface area contributed by atoms with E-state index in [0.717, 1.165) is 24.9 Å². The minimum atomic E-state index is -0.276. The number of hydrogen-bond donors (Lipinski definition) is 2. The molecule has 2 aliphatic rings. The van der Waals surface area contributed by atoms with Crippen molar-refractivity contribution in [1.82, 2.24) is 15.2 Å². The van der Waals surface area contributed by atoms with E-state index < -0.39 is 0 Å². The third-order valence-electron chi connectivity index (χ3n) is 4.58. The van der Waals surface area contributed by atoms with Gasteiger partial charge in [0.2, 0.25) is 11.8 Å². The molecule has 25 heavy (non-hydrogen) atoms. The third-order valence-corrected chi connectivity index (χ3v) is 4.58. The number of amides is 3. The summed E-state index contributed by atoms with van der Waals surface area (Å²) in [4.78, 5) is 30.1. The van der Waals surface area contributed by atoms with Crippen molar-refractivity contribution < 1.29 is 14.0 Å². The molecule has 0 radical (unpaired) electrons. The van der Waals surface area contributed by atoms with Crippen LogP contribution in [0.2, 0.25) is 0 Å². The van der Waals surface area contributed by atoms with Gasteiger partial charge >= 0.3 is 6.03 Å². The number of carbonyl (C=O) groups is 2. The molecule has 1 aliphatic carbocycles. The van der Waals surface area contributed by atoms with E-state index in [-0.39, 0.29) is 17.9 Å². The molecule has 0 unspecified atom stereocenters. The lowest BCUT2D eigenvalue weighted by atomic mass is 10.1. The van der Waals surface area contributed by atoms with Crippen molar-refractivity contribution in [3.63, 3.8) is 0 Å². The molecule has 3 amide bonds. The molecule has 1 saturated carbocycles. The number of urea groups is 1. The Morgan fingerprint density at radius 2 is 2.24 bits per heavy atom. The van der Waals surface area contributed by atoms with Crippen molar-refractivity contribution in [3.05, 3.63) is 36.7 Å². The summed E-state index contributed by atoms with van der Waals surface area (Å²) in [6, 6.07) is 7.48. The van der Waals surface area contributed by atoms with Gasteiger partial charge in [-0.1, -0.05) is 6.07 Å². The normalized spacial score (nSPS) is 19.9. The summed E-state index contributed by atoms with van der Waals surface area (Å²) in [6.45, 7) is 1.25. The maximum absolute atomic E-state index is 12.1. The summed E-state index contributed by atoms with van der Waals surface area (Å²) in [6.07, 6.45) is 5.85. The molecule has 7 heteroatoms. The standard InChI is InChI=1S/C18H20N4O3/c23-16-8-12(11-22(16)15-4-5-15)10-20-18(24)21-14-3-1-2-13(9-14)17-19-6-7-25-17/h1-3,6-7,9,12,15H,4-5,8,10-11H2,(H2,20,21,24)/t12-/m0/s1. The van der Waals surface area contributed by atoms with E-state index in [1.807, 2.05) is 17.0 Å². The molecule has 1 saturated heterocycles. The Bertz CT molecular complexity index is 770. The van der Waals surface area contributed by atoms with Crippen LogP contribution < -0.4 is 10.6 Å². The van der Waals surface area contributed by atoms with Crippen molar-refractivity contribution in [3.8, 4) is 11.5 Å². The molecule has 2 aromatic rings. The Hall–Kier alpha value is -2.83. The third kappa shape index (κ3) is 3.65. The molecule has 0 bridgehead atoms. The lowest BCUT2D eigenvalue weighted by Crippen LogP contribution is -2.34. The van der Waals surface area contributed by atoms with Crippen molar-refractivity contribution in [1.29, 1.82) is 0 Å². The van der Waals surface area contributed by atoms with Crippen LogP contribution in [0.3, 0.4) is 0 Å². The van der Waals surface area contributed by atoms with Crippen LogP contribution in [0.4, 0.5) is 10.5 Å². The van der Waals surface area contributed by atoms with Gasteiger partial charge in [-0.3, -0.25) is 4.79 Å². The van der Waals surface area contributed by atoms with Crippen LogP contribution in [-0.4, -0.2) is 41.0 Å².